The van der Waals surface area contributed by atoms with Crippen LogP contribution in [-0.4, -0.2) is 78.7 Å². The topological polar surface area (TPSA) is 341 Å². The summed E-state index contributed by atoms with van der Waals surface area (Å²) in [6, 6.07) is 19.9. The standard InChI is InChI=1S/C44H42N8O13S/c1-23(20-24-4-12-29(53)13-5-24)40(56)47-26-8-6-25(7-9-26)41(57)50-35(21-28(22-45)51-46)43(59)48-27-10-14-30(15-11-27)66(62,63)52-34-19-16-31(36(54)39(34)65-3)42(58)49-33-18-17-32(44(60)61)37(55)38(33)64-2/h4-20,22,35,46,52-55H,21,45H2,1-3H3,(H,47,56)(H,48,59)(H,49,58)(H,50,57)(H,60,61)/b23-20+,28-22-,51-46?/t35-/m0/s1. The number of ether oxygens (including phenoxy) is 2. The molecule has 0 unspecified atom stereocenters. The van der Waals surface area contributed by atoms with Crippen LogP contribution < -0.4 is 41.2 Å². The van der Waals surface area contributed by atoms with Gasteiger partial charge in [0.2, 0.25) is 5.91 Å². The molecule has 0 radical (unpaired) electrons. The average molecular weight is 923 g/mol. The molecular formula is C44H42N8O13S. The number of amides is 4. The van der Waals surface area contributed by atoms with Gasteiger partial charge in [0.05, 0.1) is 41.8 Å². The van der Waals surface area contributed by atoms with Crippen molar-refractivity contribution in [1.29, 1.82) is 5.53 Å². The van der Waals surface area contributed by atoms with E-state index in [0.717, 1.165) is 56.8 Å². The highest BCUT2D eigenvalue weighted by Gasteiger charge is 2.27. The van der Waals surface area contributed by atoms with Gasteiger partial charge in [-0.3, -0.25) is 23.9 Å². The van der Waals surface area contributed by atoms with Crippen molar-refractivity contribution in [2.75, 3.05) is 34.9 Å². The Morgan fingerprint density at radius 3 is 1.89 bits per heavy atom. The molecule has 0 fully saturated rings. The van der Waals surface area contributed by atoms with Gasteiger partial charge in [0.1, 0.15) is 17.4 Å². The van der Waals surface area contributed by atoms with Crippen LogP contribution in [0.5, 0.6) is 28.7 Å². The Morgan fingerprint density at radius 2 is 1.30 bits per heavy atom. The molecule has 12 N–H and O–H groups in total. The minimum absolute atomic E-state index is 0.0420. The van der Waals surface area contributed by atoms with Gasteiger partial charge < -0.3 is 56.9 Å². The summed E-state index contributed by atoms with van der Waals surface area (Å²) < 4.78 is 39.5. The van der Waals surface area contributed by atoms with Crippen LogP contribution >= 0.6 is 0 Å². The van der Waals surface area contributed by atoms with Crippen LogP contribution in [0.4, 0.5) is 22.7 Å². The second-order valence-electron chi connectivity index (χ2n) is 13.9. The Morgan fingerprint density at radius 1 is 0.742 bits per heavy atom. The van der Waals surface area contributed by atoms with E-state index in [4.69, 9.17) is 20.7 Å². The number of phenolic OH excluding ortho intramolecular Hbond substituents is 2. The molecule has 0 saturated heterocycles. The number of phenols is 3. The lowest BCUT2D eigenvalue weighted by Crippen LogP contribution is -2.44. The largest absolute Gasteiger partial charge is 0.508 e. The second-order valence-corrected chi connectivity index (χ2v) is 15.6. The molecule has 66 heavy (non-hydrogen) atoms. The number of sulfonamides is 1. The van der Waals surface area contributed by atoms with E-state index in [1.165, 1.54) is 48.5 Å². The Hall–Kier alpha value is -8.92. The van der Waals surface area contributed by atoms with E-state index < -0.39 is 74.0 Å². The Kier molecular flexibility index (Phi) is 15.3. The predicted molar refractivity (Wildman–Crippen MR) is 240 cm³/mol. The van der Waals surface area contributed by atoms with Crippen molar-refractivity contribution in [1.82, 2.24) is 5.32 Å². The van der Waals surface area contributed by atoms with Crippen LogP contribution in [0.1, 0.15) is 50.0 Å². The fourth-order valence-electron chi connectivity index (χ4n) is 6.06. The number of rotatable bonds is 18. The van der Waals surface area contributed by atoms with Crippen molar-refractivity contribution in [3.05, 3.63) is 137 Å². The summed E-state index contributed by atoms with van der Waals surface area (Å²) in [4.78, 5) is 63.8. The maximum absolute atomic E-state index is 13.5. The SMILES string of the molecule is COc1c(NC(=O)c2ccc(NS(=O)(=O)c3ccc(NC(=O)[C@H](C/C(=C/N)N=N)NC(=O)c4ccc(NC(=O)/C(C)=C/c5ccc(O)cc5)cc4)cc3)c(OC)c2O)ccc(C(=O)O)c1O. The predicted octanol–water partition coefficient (Wildman–Crippen LogP) is 5.57. The summed E-state index contributed by atoms with van der Waals surface area (Å²) in [7, 11) is -2.18. The van der Waals surface area contributed by atoms with Crippen LogP contribution in [0.25, 0.3) is 6.08 Å². The van der Waals surface area contributed by atoms with Crippen molar-refractivity contribution < 1.29 is 62.3 Å². The summed E-state index contributed by atoms with van der Waals surface area (Å²) in [5, 5.41) is 53.6. The van der Waals surface area contributed by atoms with Crippen LogP contribution in [-0.2, 0) is 19.6 Å². The molecular weight excluding hydrogens is 881 g/mol. The molecule has 21 nitrogen and oxygen atoms in total. The number of aromatic hydroxyl groups is 3. The van der Waals surface area contributed by atoms with Crippen molar-refractivity contribution in [3.8, 4) is 28.7 Å². The minimum atomic E-state index is -4.42. The number of benzene rings is 5. The number of aromatic carboxylic acids is 1. The maximum atomic E-state index is 13.5. The molecule has 0 aliphatic heterocycles. The highest BCUT2D eigenvalue weighted by Crippen LogP contribution is 2.41. The molecule has 342 valence electrons. The smallest absolute Gasteiger partial charge is 0.339 e. The van der Waals surface area contributed by atoms with E-state index in [1.54, 1.807) is 25.1 Å². The number of nitrogens with zero attached hydrogens (tertiary/aromatic N) is 1. The zero-order valence-corrected chi connectivity index (χ0v) is 35.9. The van der Waals surface area contributed by atoms with E-state index >= 15 is 0 Å². The zero-order valence-electron chi connectivity index (χ0n) is 35.1. The Labute approximate surface area is 376 Å². The molecule has 1 atom stereocenters. The third-order valence-corrected chi connectivity index (χ3v) is 10.9. The number of methoxy groups -OCH3 is 2. The van der Waals surface area contributed by atoms with Gasteiger partial charge in [0, 0.05) is 35.1 Å². The number of carbonyl (C=O) groups is 5. The molecule has 22 heteroatoms. The van der Waals surface area contributed by atoms with Gasteiger partial charge in [-0.05, 0) is 103 Å². The van der Waals surface area contributed by atoms with Crippen molar-refractivity contribution in [2.24, 2.45) is 10.8 Å². The van der Waals surface area contributed by atoms with E-state index in [-0.39, 0.29) is 51.1 Å². The van der Waals surface area contributed by atoms with Crippen molar-refractivity contribution in [3.63, 3.8) is 0 Å². The molecule has 0 aliphatic carbocycles. The molecule has 0 aromatic heterocycles. The van der Waals surface area contributed by atoms with Gasteiger partial charge in [-0.25, -0.2) is 18.7 Å². The first-order valence-corrected chi connectivity index (χ1v) is 20.6. The maximum Gasteiger partial charge on any atom is 0.339 e. The van der Waals surface area contributed by atoms with Gasteiger partial charge in [-0.2, -0.15) is 5.11 Å². The number of nitrogens with two attached hydrogens (primary N) is 1. The first-order valence-electron chi connectivity index (χ1n) is 19.2. The van der Waals surface area contributed by atoms with Crippen LogP contribution in [0.3, 0.4) is 0 Å². The van der Waals surface area contributed by atoms with Crippen LogP contribution in [0.2, 0.25) is 0 Å². The fraction of sp³-hybridized carbons (Fsp3) is 0.114. The fourth-order valence-corrected chi connectivity index (χ4v) is 7.12. The Bertz CT molecular complexity index is 2870. The highest BCUT2D eigenvalue weighted by molar-refractivity contribution is 7.92. The van der Waals surface area contributed by atoms with E-state index in [1.807, 2.05) is 0 Å². The van der Waals surface area contributed by atoms with Gasteiger partial charge in [-0.15, -0.1) is 0 Å². The molecule has 5 aromatic rings. The number of carboxylic acids is 1. The third kappa shape index (κ3) is 11.6. The molecule has 5 aromatic carbocycles. The first-order chi connectivity index (χ1) is 31.4. The van der Waals surface area contributed by atoms with Gasteiger partial charge in [0.25, 0.3) is 27.7 Å². The number of nitrogens with one attached hydrogen (secondary N) is 6. The Balaban J connectivity index is 1.25. The molecule has 0 saturated carbocycles. The molecule has 5 rings (SSSR count). The summed E-state index contributed by atoms with van der Waals surface area (Å²) in [5.41, 5.74) is 13.3. The normalized spacial score (nSPS) is 11.9. The average Bonchev–Trinajstić information content (AvgIpc) is 3.28. The van der Waals surface area contributed by atoms with E-state index in [0.29, 0.717) is 16.8 Å². The van der Waals surface area contributed by atoms with Crippen molar-refractivity contribution in [2.45, 2.75) is 24.3 Å². The van der Waals surface area contributed by atoms with Crippen molar-refractivity contribution >= 4 is 68.4 Å². The molecule has 4 amide bonds. The van der Waals surface area contributed by atoms with Crippen LogP contribution in [0, 0.1) is 5.53 Å². The molecule has 0 spiro atoms. The van der Waals surface area contributed by atoms with Gasteiger partial charge in [-0.1, -0.05) is 12.1 Å². The number of carboxylic acid groups (broad SMARTS) is 1. The summed E-state index contributed by atoms with van der Waals surface area (Å²) >= 11 is 0. The lowest BCUT2D eigenvalue weighted by molar-refractivity contribution is -0.118. The highest BCUT2D eigenvalue weighted by atomic mass is 32.2. The molecule has 0 heterocycles. The quantitative estimate of drug-likeness (QED) is 0.0378. The molecule has 0 aliphatic rings. The summed E-state index contributed by atoms with van der Waals surface area (Å²) in [6.45, 7) is 1.61. The number of anilines is 4. The number of carbonyl (C=O) groups excluding carboxylic acids is 4. The monoisotopic (exact) mass is 922 g/mol. The zero-order chi connectivity index (χ0) is 48.3. The third-order valence-electron chi connectivity index (χ3n) is 9.48. The number of hydrogen-bond donors (Lipinski definition) is 11. The van der Waals surface area contributed by atoms with E-state index in [9.17, 15) is 52.8 Å². The lowest BCUT2D eigenvalue weighted by atomic mass is 10.1. The first kappa shape index (κ1) is 48.1. The van der Waals surface area contributed by atoms with Crippen LogP contribution in [0.15, 0.2) is 125 Å². The van der Waals surface area contributed by atoms with Gasteiger partial charge in [0.15, 0.2) is 23.0 Å². The lowest BCUT2D eigenvalue weighted by Gasteiger charge is -2.19. The van der Waals surface area contributed by atoms with Gasteiger partial charge >= 0.3 is 5.97 Å². The summed E-state index contributed by atoms with van der Waals surface area (Å²) in [5.74, 6) is -6.58. The number of hydrogen-bond acceptors (Lipinski definition) is 15. The molecule has 0 bridgehead atoms. The minimum Gasteiger partial charge on any atom is -0.508 e. The van der Waals surface area contributed by atoms with E-state index in [2.05, 4.69) is 31.1 Å². The summed E-state index contributed by atoms with van der Waals surface area (Å²) in [6.07, 6.45) is 2.32. The second kappa shape index (κ2) is 21.0.